The second-order valence-corrected chi connectivity index (χ2v) is 4.80. The van der Waals surface area contributed by atoms with E-state index in [0.717, 1.165) is 28.7 Å². The first-order chi connectivity index (χ1) is 9.24. The van der Waals surface area contributed by atoms with Crippen molar-refractivity contribution in [3.8, 4) is 5.82 Å². The van der Waals surface area contributed by atoms with E-state index in [1.165, 1.54) is 0 Å². The highest BCUT2D eigenvalue weighted by atomic mass is 15.3. The smallest absolute Gasteiger partial charge is 0.157 e. The summed E-state index contributed by atoms with van der Waals surface area (Å²) >= 11 is 0. The van der Waals surface area contributed by atoms with E-state index in [9.17, 15) is 0 Å². The molecule has 0 spiro atoms. The fraction of sp³-hybridized carbons (Fsp3) is 0.200. The molecule has 4 heteroatoms. The van der Waals surface area contributed by atoms with Gasteiger partial charge in [0.25, 0.3) is 0 Å². The molecule has 0 radical (unpaired) electrons. The Labute approximate surface area is 111 Å². The highest BCUT2D eigenvalue weighted by molar-refractivity contribution is 5.80. The molecule has 0 aliphatic heterocycles. The summed E-state index contributed by atoms with van der Waals surface area (Å²) in [6.45, 7) is 2.00. The van der Waals surface area contributed by atoms with Crippen LogP contribution in [0.1, 0.15) is 12.5 Å². The van der Waals surface area contributed by atoms with Crippen LogP contribution >= 0.6 is 0 Å². The molecule has 0 aliphatic rings. The number of aromatic nitrogens is 3. The zero-order chi connectivity index (χ0) is 13.2. The summed E-state index contributed by atoms with van der Waals surface area (Å²) in [5.41, 5.74) is 8.03. The predicted molar refractivity (Wildman–Crippen MR) is 76.2 cm³/mol. The summed E-state index contributed by atoms with van der Waals surface area (Å²) in [5.74, 6) is 0.862. The van der Waals surface area contributed by atoms with Crippen molar-refractivity contribution in [3.63, 3.8) is 0 Å². The van der Waals surface area contributed by atoms with Crippen LogP contribution in [-0.4, -0.2) is 20.8 Å². The summed E-state index contributed by atoms with van der Waals surface area (Å²) in [6, 6.07) is 12.2. The van der Waals surface area contributed by atoms with Gasteiger partial charge in [0.1, 0.15) is 0 Å². The summed E-state index contributed by atoms with van der Waals surface area (Å²) < 4.78 is 1.80. The second kappa shape index (κ2) is 4.82. The van der Waals surface area contributed by atoms with E-state index >= 15 is 0 Å². The third kappa shape index (κ3) is 2.35. The molecule has 0 bridgehead atoms. The van der Waals surface area contributed by atoms with Gasteiger partial charge in [-0.1, -0.05) is 18.2 Å². The van der Waals surface area contributed by atoms with Crippen LogP contribution in [0.5, 0.6) is 0 Å². The van der Waals surface area contributed by atoms with Crippen LogP contribution in [0.2, 0.25) is 0 Å². The molecule has 1 atom stereocenters. The molecular formula is C15H16N4. The first kappa shape index (κ1) is 11.9. The Morgan fingerprint density at radius 3 is 2.84 bits per heavy atom. The molecule has 0 saturated heterocycles. The lowest BCUT2D eigenvalue weighted by Gasteiger charge is -2.12. The zero-order valence-corrected chi connectivity index (χ0v) is 10.8. The van der Waals surface area contributed by atoms with Crippen molar-refractivity contribution in [1.82, 2.24) is 14.8 Å². The summed E-state index contributed by atoms with van der Waals surface area (Å²) in [6.07, 6.45) is 4.45. The van der Waals surface area contributed by atoms with Crippen LogP contribution in [0.3, 0.4) is 0 Å². The Hall–Kier alpha value is -2.20. The molecule has 0 fully saturated rings. The number of benzene rings is 1. The molecule has 4 nitrogen and oxygen atoms in total. The maximum Gasteiger partial charge on any atom is 0.157 e. The quantitative estimate of drug-likeness (QED) is 0.778. The highest BCUT2D eigenvalue weighted by Crippen LogP contribution is 2.20. The van der Waals surface area contributed by atoms with Crippen LogP contribution in [0.4, 0.5) is 0 Å². The Balaban J connectivity index is 2.21. The molecule has 3 rings (SSSR count). The van der Waals surface area contributed by atoms with E-state index in [1.807, 2.05) is 37.4 Å². The van der Waals surface area contributed by atoms with Gasteiger partial charge in [-0.25, -0.2) is 9.67 Å². The van der Waals surface area contributed by atoms with Gasteiger partial charge in [-0.2, -0.15) is 5.10 Å². The Bertz CT molecular complexity index is 686. The van der Waals surface area contributed by atoms with Crippen molar-refractivity contribution in [1.29, 1.82) is 0 Å². The number of fused-ring (bicyclic) bond motifs is 1. The van der Waals surface area contributed by atoms with Crippen LogP contribution in [0, 0.1) is 0 Å². The predicted octanol–water partition coefficient (Wildman–Crippen LogP) is 2.31. The summed E-state index contributed by atoms with van der Waals surface area (Å²) in [5, 5.41) is 5.41. The lowest BCUT2D eigenvalue weighted by atomic mass is 10.1. The molecule has 0 aliphatic carbocycles. The Morgan fingerprint density at radius 2 is 2.11 bits per heavy atom. The molecule has 96 valence electrons. The van der Waals surface area contributed by atoms with E-state index in [-0.39, 0.29) is 6.04 Å². The molecule has 1 unspecified atom stereocenters. The summed E-state index contributed by atoms with van der Waals surface area (Å²) in [7, 11) is 0. The van der Waals surface area contributed by atoms with E-state index in [1.54, 1.807) is 10.9 Å². The molecule has 3 aromatic rings. The summed E-state index contributed by atoms with van der Waals surface area (Å²) in [4.78, 5) is 4.72. The van der Waals surface area contributed by atoms with Gasteiger partial charge in [0, 0.05) is 23.8 Å². The fourth-order valence-electron chi connectivity index (χ4n) is 2.24. The topological polar surface area (TPSA) is 56.7 Å². The van der Waals surface area contributed by atoms with Crippen molar-refractivity contribution < 1.29 is 0 Å². The molecule has 2 heterocycles. The lowest BCUT2D eigenvalue weighted by molar-refractivity contribution is 0.722. The number of hydrogen-bond acceptors (Lipinski definition) is 3. The molecule has 2 N–H and O–H groups in total. The molecular weight excluding hydrogens is 236 g/mol. The monoisotopic (exact) mass is 252 g/mol. The van der Waals surface area contributed by atoms with Gasteiger partial charge in [-0.3, -0.25) is 0 Å². The molecule has 0 amide bonds. The first-order valence-corrected chi connectivity index (χ1v) is 6.38. The van der Waals surface area contributed by atoms with E-state index < -0.39 is 0 Å². The molecule has 0 saturated carbocycles. The van der Waals surface area contributed by atoms with Gasteiger partial charge in [-0.05, 0) is 37.1 Å². The third-order valence-electron chi connectivity index (χ3n) is 3.04. The maximum absolute atomic E-state index is 5.93. The van der Waals surface area contributed by atoms with Crippen molar-refractivity contribution >= 4 is 10.9 Å². The minimum atomic E-state index is 0.0947. The van der Waals surface area contributed by atoms with Gasteiger partial charge in [0.05, 0.1) is 5.52 Å². The standard InChI is InChI=1S/C15H16N4/c1-11(16)9-13-10-12-5-2-3-6-14(12)18-15(13)19-8-4-7-17-19/h2-8,10-11H,9,16H2,1H3. The van der Waals surface area contributed by atoms with Gasteiger partial charge in [0.2, 0.25) is 0 Å². The minimum Gasteiger partial charge on any atom is -0.328 e. The first-order valence-electron chi connectivity index (χ1n) is 6.38. The number of hydrogen-bond donors (Lipinski definition) is 1. The van der Waals surface area contributed by atoms with Gasteiger partial charge < -0.3 is 5.73 Å². The normalized spacial score (nSPS) is 12.7. The van der Waals surface area contributed by atoms with E-state index in [0.29, 0.717) is 0 Å². The van der Waals surface area contributed by atoms with Crippen LogP contribution in [-0.2, 0) is 6.42 Å². The number of pyridine rings is 1. The fourth-order valence-corrected chi connectivity index (χ4v) is 2.24. The lowest BCUT2D eigenvalue weighted by Crippen LogP contribution is -2.19. The Kier molecular flexibility index (Phi) is 3.01. The average molecular weight is 252 g/mol. The average Bonchev–Trinajstić information content (AvgIpc) is 2.91. The minimum absolute atomic E-state index is 0.0947. The number of rotatable bonds is 3. The van der Waals surface area contributed by atoms with Crippen LogP contribution in [0.15, 0.2) is 48.8 Å². The second-order valence-electron chi connectivity index (χ2n) is 4.80. The maximum atomic E-state index is 5.93. The van der Waals surface area contributed by atoms with E-state index in [4.69, 9.17) is 10.7 Å². The SMILES string of the molecule is CC(N)Cc1cc2ccccc2nc1-n1cccn1. The van der Waals surface area contributed by atoms with Gasteiger partial charge >= 0.3 is 0 Å². The van der Waals surface area contributed by atoms with E-state index in [2.05, 4.69) is 17.2 Å². The van der Waals surface area contributed by atoms with Gasteiger partial charge in [0.15, 0.2) is 5.82 Å². The van der Waals surface area contributed by atoms with Crippen molar-refractivity contribution in [2.75, 3.05) is 0 Å². The van der Waals surface area contributed by atoms with Crippen LogP contribution < -0.4 is 5.73 Å². The Morgan fingerprint density at radius 1 is 1.26 bits per heavy atom. The molecule has 1 aromatic carbocycles. The van der Waals surface area contributed by atoms with Crippen molar-refractivity contribution in [2.24, 2.45) is 5.73 Å². The van der Waals surface area contributed by atoms with Crippen molar-refractivity contribution in [3.05, 3.63) is 54.4 Å². The molecule has 19 heavy (non-hydrogen) atoms. The number of para-hydroxylation sites is 1. The zero-order valence-electron chi connectivity index (χ0n) is 10.8. The van der Waals surface area contributed by atoms with Gasteiger partial charge in [-0.15, -0.1) is 0 Å². The molecule has 2 aromatic heterocycles. The number of nitrogens with two attached hydrogens (primary N) is 1. The highest BCUT2D eigenvalue weighted by Gasteiger charge is 2.10. The van der Waals surface area contributed by atoms with Crippen LogP contribution in [0.25, 0.3) is 16.7 Å². The largest absolute Gasteiger partial charge is 0.328 e. The third-order valence-corrected chi connectivity index (χ3v) is 3.04. The van der Waals surface area contributed by atoms with Crippen molar-refractivity contribution in [2.45, 2.75) is 19.4 Å². The number of nitrogens with zero attached hydrogens (tertiary/aromatic N) is 3.